The fraction of sp³-hybridized carbons (Fsp3) is 0.682. The zero-order chi connectivity index (χ0) is 28.1. The second kappa shape index (κ2) is 12.9. The molecule has 5 N–H and O–H groups in total. The lowest BCUT2D eigenvalue weighted by molar-refractivity contribution is -0.167. The molecule has 2 aliphatic heterocycles. The van der Waals surface area contributed by atoms with Gasteiger partial charge in [-0.15, -0.1) is 0 Å². The number of ether oxygens (including phenoxy) is 2. The molecule has 1 fully saturated rings. The van der Waals surface area contributed by atoms with Crippen LogP contribution in [0.1, 0.15) is 27.7 Å². The third kappa shape index (κ3) is 7.87. The molecule has 37 heavy (non-hydrogen) atoms. The molecular weight excluding hydrogens is 525 g/mol. The molecular formula is C22H38N5O8PS. The molecule has 2 aliphatic rings. The van der Waals surface area contributed by atoms with Crippen molar-refractivity contribution >= 4 is 36.4 Å². The van der Waals surface area contributed by atoms with Crippen molar-refractivity contribution in [3.63, 3.8) is 0 Å². The molecule has 2 heterocycles. The number of rotatable bonds is 12. The summed E-state index contributed by atoms with van der Waals surface area (Å²) in [6, 6.07) is -0.944. The molecule has 6 atom stereocenters. The second-order valence-electron chi connectivity index (χ2n) is 9.34. The van der Waals surface area contributed by atoms with Crippen LogP contribution >= 0.6 is 19.5 Å². The normalized spacial score (nSPS) is 28.4. The van der Waals surface area contributed by atoms with Gasteiger partial charge in [0.25, 0.3) is 0 Å². The van der Waals surface area contributed by atoms with Gasteiger partial charge in [-0.05, 0) is 33.0 Å². The van der Waals surface area contributed by atoms with E-state index in [4.69, 9.17) is 30.0 Å². The lowest BCUT2D eigenvalue weighted by atomic mass is 9.95. The van der Waals surface area contributed by atoms with Crippen LogP contribution in [0.5, 0.6) is 0 Å². The number of nitrogens with zero attached hydrogens (tertiary/aromatic N) is 3. The smallest absolute Gasteiger partial charge is 0.407 e. The van der Waals surface area contributed by atoms with E-state index in [0.717, 1.165) is 11.8 Å². The van der Waals surface area contributed by atoms with Crippen molar-refractivity contribution in [1.82, 2.24) is 9.57 Å². The average molecular weight is 564 g/mol. The first-order valence-electron chi connectivity index (χ1n) is 11.6. The fourth-order valence-electron chi connectivity index (χ4n) is 3.51. The molecule has 0 bridgehead atoms. The molecule has 0 aromatic carbocycles. The lowest BCUT2D eigenvalue weighted by Gasteiger charge is -2.36. The molecule has 0 aromatic heterocycles. The number of hydrogen-bond donors (Lipinski definition) is 3. The van der Waals surface area contributed by atoms with Crippen LogP contribution in [0.3, 0.4) is 0 Å². The fourth-order valence-corrected chi connectivity index (χ4v) is 5.28. The molecule has 210 valence electrons. The number of aliphatic hydroxyl groups is 1. The van der Waals surface area contributed by atoms with Gasteiger partial charge in [0, 0.05) is 18.9 Å². The van der Waals surface area contributed by atoms with Gasteiger partial charge in [0.1, 0.15) is 29.4 Å². The molecule has 0 radical (unpaired) electrons. The topological polar surface area (TPSA) is 179 Å². The Balaban J connectivity index is 2.27. The standard InChI is InChI=1S/C22H38N5O8PS/c1-13(2)18(24)20(29)35-19-16(12-33-36(31,26(6)7)32-10-11-37-15(4)28)34-21(22(19,5)30)27-9-8-17(23)25-14(27)3/h8-9,13,16,18-19,21,30H,3,10-12,24H2,1-2,4-7H3,(H2,23,25)/t16-,18?,19?,21-,22+,36?/m1/s1. The summed E-state index contributed by atoms with van der Waals surface area (Å²) >= 11 is 1.03. The average Bonchev–Trinajstić information content (AvgIpc) is 3.04. The minimum absolute atomic E-state index is 0.00888. The molecule has 0 aromatic rings. The number of carbonyl (C=O) groups is 2. The van der Waals surface area contributed by atoms with Crippen LogP contribution in [0.2, 0.25) is 0 Å². The van der Waals surface area contributed by atoms with E-state index in [9.17, 15) is 19.3 Å². The van der Waals surface area contributed by atoms with E-state index < -0.39 is 43.8 Å². The van der Waals surface area contributed by atoms with Gasteiger partial charge in [0.05, 0.1) is 13.2 Å². The van der Waals surface area contributed by atoms with E-state index >= 15 is 0 Å². The molecule has 13 nitrogen and oxygen atoms in total. The van der Waals surface area contributed by atoms with Crippen LogP contribution in [-0.2, 0) is 32.7 Å². The zero-order valence-electron chi connectivity index (χ0n) is 22.0. The Morgan fingerprint density at radius 1 is 1.41 bits per heavy atom. The van der Waals surface area contributed by atoms with Crippen molar-refractivity contribution in [3.8, 4) is 0 Å². The first-order chi connectivity index (χ1) is 17.1. The maximum absolute atomic E-state index is 13.3. The minimum atomic E-state index is -3.81. The van der Waals surface area contributed by atoms with E-state index in [1.165, 1.54) is 49.8 Å². The van der Waals surface area contributed by atoms with Crippen LogP contribution in [0.15, 0.2) is 29.7 Å². The number of hydrogen-bond acceptors (Lipinski definition) is 13. The molecule has 0 spiro atoms. The number of aliphatic imine (C=N–C) groups is 1. The summed E-state index contributed by atoms with van der Waals surface area (Å²) in [6.45, 7) is 9.84. The van der Waals surface area contributed by atoms with E-state index in [1.807, 2.05) is 0 Å². The monoisotopic (exact) mass is 563 g/mol. The predicted octanol–water partition coefficient (Wildman–Crippen LogP) is 0.998. The summed E-state index contributed by atoms with van der Waals surface area (Å²) in [6.07, 6.45) is -0.409. The largest absolute Gasteiger partial charge is 0.455 e. The summed E-state index contributed by atoms with van der Waals surface area (Å²) in [7, 11) is -0.792. The lowest BCUT2D eigenvalue weighted by Crippen LogP contribution is -2.54. The van der Waals surface area contributed by atoms with Gasteiger partial charge in [-0.2, -0.15) is 0 Å². The van der Waals surface area contributed by atoms with Crippen molar-refractivity contribution in [2.24, 2.45) is 22.4 Å². The summed E-state index contributed by atoms with van der Waals surface area (Å²) in [5.41, 5.74) is 9.90. The Kier molecular flexibility index (Phi) is 10.9. The molecule has 0 amide bonds. The van der Waals surface area contributed by atoms with Gasteiger partial charge in [-0.3, -0.25) is 18.6 Å². The Labute approximate surface area is 221 Å². The van der Waals surface area contributed by atoms with Gasteiger partial charge >= 0.3 is 13.7 Å². The Bertz CT molecular complexity index is 973. The highest BCUT2D eigenvalue weighted by molar-refractivity contribution is 8.13. The van der Waals surface area contributed by atoms with Gasteiger partial charge in [0.2, 0.25) is 0 Å². The van der Waals surface area contributed by atoms with Crippen LogP contribution in [0.4, 0.5) is 0 Å². The summed E-state index contributed by atoms with van der Waals surface area (Å²) < 4.78 is 37.5. The Morgan fingerprint density at radius 3 is 2.59 bits per heavy atom. The summed E-state index contributed by atoms with van der Waals surface area (Å²) in [5, 5.41) is 11.4. The molecule has 2 rings (SSSR count). The number of nitrogens with two attached hydrogens (primary N) is 2. The molecule has 0 saturated carbocycles. The maximum Gasteiger partial charge on any atom is 0.407 e. The van der Waals surface area contributed by atoms with E-state index in [0.29, 0.717) is 0 Å². The van der Waals surface area contributed by atoms with Gasteiger partial charge in [0.15, 0.2) is 17.4 Å². The van der Waals surface area contributed by atoms with Crippen molar-refractivity contribution < 1.29 is 37.8 Å². The first kappa shape index (κ1) is 31.4. The van der Waals surface area contributed by atoms with Crippen molar-refractivity contribution in [3.05, 3.63) is 24.7 Å². The second-order valence-corrected chi connectivity index (χ2v) is 12.9. The van der Waals surface area contributed by atoms with Crippen molar-refractivity contribution in [2.75, 3.05) is 33.1 Å². The third-order valence-electron chi connectivity index (χ3n) is 5.70. The number of carbonyl (C=O) groups excluding carboxylic acids is 2. The van der Waals surface area contributed by atoms with Gasteiger partial charge in [-0.1, -0.05) is 32.2 Å². The highest BCUT2D eigenvalue weighted by Gasteiger charge is 2.58. The number of amidine groups is 1. The van der Waals surface area contributed by atoms with E-state index in [1.54, 1.807) is 13.8 Å². The molecule has 0 aliphatic carbocycles. The summed E-state index contributed by atoms with van der Waals surface area (Å²) in [5.74, 6) is -0.258. The van der Waals surface area contributed by atoms with Crippen molar-refractivity contribution in [2.45, 2.75) is 57.8 Å². The van der Waals surface area contributed by atoms with Crippen molar-refractivity contribution in [1.29, 1.82) is 0 Å². The highest BCUT2D eigenvalue weighted by Crippen LogP contribution is 2.51. The van der Waals surface area contributed by atoms with Crippen LogP contribution in [0, 0.1) is 5.92 Å². The van der Waals surface area contributed by atoms with E-state index in [-0.39, 0.29) is 41.7 Å². The molecule has 1 saturated heterocycles. The third-order valence-corrected chi connectivity index (χ3v) is 8.44. The quantitative estimate of drug-likeness (QED) is 0.174. The number of esters is 1. The number of thioether (sulfide) groups is 1. The minimum Gasteiger partial charge on any atom is -0.455 e. The van der Waals surface area contributed by atoms with Crippen LogP contribution in [-0.4, -0.2) is 94.7 Å². The molecule has 3 unspecified atom stereocenters. The van der Waals surface area contributed by atoms with Gasteiger partial charge < -0.3 is 30.9 Å². The van der Waals surface area contributed by atoms with Gasteiger partial charge in [-0.25, -0.2) is 14.2 Å². The summed E-state index contributed by atoms with van der Waals surface area (Å²) in [4.78, 5) is 29.4. The predicted molar refractivity (Wildman–Crippen MR) is 140 cm³/mol. The molecule has 15 heteroatoms. The Hall–Kier alpha value is -1.77. The maximum atomic E-state index is 13.3. The SMILES string of the molecule is C=C1N=C(N)C=CN1[C@@H]1O[C@H](COP(=O)(OCCSC(C)=O)N(C)C)C(OC(=O)C(N)C(C)C)[C@]1(C)O. The van der Waals surface area contributed by atoms with Crippen LogP contribution < -0.4 is 11.5 Å². The Morgan fingerprint density at radius 2 is 2.05 bits per heavy atom. The highest BCUT2D eigenvalue weighted by atomic mass is 32.2. The zero-order valence-corrected chi connectivity index (χ0v) is 23.7. The first-order valence-corrected chi connectivity index (χ1v) is 14.1. The van der Waals surface area contributed by atoms with Crippen LogP contribution in [0.25, 0.3) is 0 Å². The van der Waals surface area contributed by atoms with E-state index in [2.05, 4.69) is 11.6 Å².